The van der Waals surface area contributed by atoms with Gasteiger partial charge in [0, 0.05) is 0 Å². The summed E-state index contributed by atoms with van der Waals surface area (Å²) in [7, 11) is -4.15. The topological polar surface area (TPSA) is 119 Å². The summed E-state index contributed by atoms with van der Waals surface area (Å²) in [6, 6.07) is -1.50. The highest BCUT2D eigenvalue weighted by atomic mass is 32.2. The van der Waals surface area contributed by atoms with Crippen LogP contribution in [0.25, 0.3) is 0 Å². The van der Waals surface area contributed by atoms with Gasteiger partial charge in [0.25, 0.3) is 0 Å². The molecule has 1 atom stereocenters. The molecule has 100 valence electrons. The van der Waals surface area contributed by atoms with E-state index in [-0.39, 0.29) is 13.2 Å². The normalized spacial score (nSPS) is 13.1. The molecule has 2 N–H and O–H groups in total. The van der Waals surface area contributed by atoms with Crippen molar-refractivity contribution in [3.63, 3.8) is 0 Å². The van der Waals surface area contributed by atoms with Crippen LogP contribution in [0.1, 0.15) is 20.3 Å². The maximum absolute atomic E-state index is 11.3. The van der Waals surface area contributed by atoms with Crippen LogP contribution in [0.3, 0.4) is 0 Å². The average Bonchev–Trinajstić information content (AvgIpc) is 2.15. The number of esters is 1. The minimum atomic E-state index is -4.15. The van der Waals surface area contributed by atoms with Crippen LogP contribution in [0.4, 0.5) is 0 Å². The summed E-state index contributed by atoms with van der Waals surface area (Å²) in [5.74, 6) is -2.29. The van der Waals surface area contributed by atoms with E-state index >= 15 is 0 Å². The summed E-state index contributed by atoms with van der Waals surface area (Å²) in [6.07, 6.45) is -0.717. The lowest BCUT2D eigenvalue weighted by atomic mass is 10.2. The van der Waals surface area contributed by atoms with Crippen molar-refractivity contribution in [3.8, 4) is 0 Å². The molecule has 0 amide bonds. The molecule has 9 heteroatoms. The van der Waals surface area contributed by atoms with Gasteiger partial charge in [-0.3, -0.25) is 13.8 Å². The third-order valence-corrected chi connectivity index (χ3v) is 2.63. The highest BCUT2D eigenvalue weighted by Crippen LogP contribution is 2.00. The number of carbonyl (C=O) groups excluding carboxylic acids is 1. The van der Waals surface area contributed by atoms with Crippen molar-refractivity contribution in [2.45, 2.75) is 26.3 Å². The SMILES string of the molecule is CCOC(=O)[C@H](CC(=O)O)NS(=O)(=O)OCC. The Morgan fingerprint density at radius 1 is 1.29 bits per heavy atom. The zero-order chi connectivity index (χ0) is 13.5. The molecule has 0 unspecified atom stereocenters. The Balaban J connectivity index is 4.70. The number of rotatable bonds is 8. The second-order valence-corrected chi connectivity index (χ2v) is 4.26. The molecule has 0 rings (SSSR count). The van der Waals surface area contributed by atoms with Gasteiger partial charge in [0.2, 0.25) is 0 Å². The lowest BCUT2D eigenvalue weighted by Gasteiger charge is -2.14. The van der Waals surface area contributed by atoms with Crippen LogP contribution in [0.5, 0.6) is 0 Å². The first-order valence-corrected chi connectivity index (χ1v) is 6.28. The third-order valence-electron chi connectivity index (χ3n) is 1.51. The smallest absolute Gasteiger partial charge is 0.336 e. The van der Waals surface area contributed by atoms with Crippen molar-refractivity contribution in [2.24, 2.45) is 0 Å². The monoisotopic (exact) mass is 269 g/mol. The number of nitrogens with one attached hydrogen (secondary N) is 1. The molecule has 0 aliphatic carbocycles. The molecule has 0 aromatic rings. The molecule has 0 fully saturated rings. The molecule has 0 bridgehead atoms. The number of hydrogen-bond donors (Lipinski definition) is 2. The largest absolute Gasteiger partial charge is 0.481 e. The van der Waals surface area contributed by atoms with E-state index in [9.17, 15) is 18.0 Å². The number of hydrogen-bond acceptors (Lipinski definition) is 6. The first-order valence-electron chi connectivity index (χ1n) is 4.87. The molecule has 17 heavy (non-hydrogen) atoms. The molecule has 0 heterocycles. The second kappa shape index (κ2) is 7.20. The first-order chi connectivity index (χ1) is 7.82. The fourth-order valence-electron chi connectivity index (χ4n) is 0.954. The van der Waals surface area contributed by atoms with Crippen molar-refractivity contribution in [1.82, 2.24) is 4.72 Å². The molecule has 0 aliphatic rings. The fourth-order valence-corrected chi connectivity index (χ4v) is 1.86. The Labute approximate surface area is 99.2 Å². The van der Waals surface area contributed by atoms with Gasteiger partial charge in [-0.05, 0) is 13.8 Å². The van der Waals surface area contributed by atoms with E-state index in [2.05, 4.69) is 8.92 Å². The predicted molar refractivity (Wildman–Crippen MR) is 56.4 cm³/mol. The zero-order valence-corrected chi connectivity index (χ0v) is 10.3. The van der Waals surface area contributed by atoms with Crippen molar-refractivity contribution in [2.75, 3.05) is 13.2 Å². The Bertz CT molecular complexity index is 364. The molecule has 0 radical (unpaired) electrons. The van der Waals surface area contributed by atoms with Crippen LogP contribution in [-0.4, -0.2) is 44.7 Å². The van der Waals surface area contributed by atoms with E-state index < -0.39 is 34.7 Å². The predicted octanol–water partition coefficient (Wildman–Crippen LogP) is -0.736. The standard InChI is InChI=1S/C8H15NO7S/c1-3-15-8(12)6(5-7(10)11)9-17(13,14)16-4-2/h6,9H,3-5H2,1-2H3,(H,10,11)/t6-/m0/s1. The van der Waals surface area contributed by atoms with Crippen LogP contribution in [-0.2, 0) is 28.8 Å². The maximum Gasteiger partial charge on any atom is 0.336 e. The molecule has 0 aromatic carbocycles. The summed E-state index contributed by atoms with van der Waals surface area (Å²) < 4.78 is 33.1. The van der Waals surface area contributed by atoms with Gasteiger partial charge in [-0.25, -0.2) is 0 Å². The molecular formula is C8H15NO7S. The lowest BCUT2D eigenvalue weighted by molar-refractivity contribution is -0.149. The summed E-state index contributed by atoms with van der Waals surface area (Å²) >= 11 is 0. The Morgan fingerprint density at radius 3 is 2.29 bits per heavy atom. The zero-order valence-electron chi connectivity index (χ0n) is 9.50. The van der Waals surface area contributed by atoms with Gasteiger partial charge in [-0.1, -0.05) is 0 Å². The van der Waals surface area contributed by atoms with Gasteiger partial charge in [-0.2, -0.15) is 13.1 Å². The fraction of sp³-hybridized carbons (Fsp3) is 0.750. The second-order valence-electron chi connectivity index (χ2n) is 2.88. The highest BCUT2D eigenvalue weighted by molar-refractivity contribution is 7.84. The van der Waals surface area contributed by atoms with E-state index in [4.69, 9.17) is 5.11 Å². The Hall–Kier alpha value is -1.19. The lowest BCUT2D eigenvalue weighted by Crippen LogP contribution is -2.43. The molecule has 0 aromatic heterocycles. The summed E-state index contributed by atoms with van der Waals surface area (Å²) in [5.41, 5.74) is 0. The molecule has 0 saturated carbocycles. The third kappa shape index (κ3) is 6.87. The summed E-state index contributed by atoms with van der Waals surface area (Å²) in [5, 5.41) is 8.54. The van der Waals surface area contributed by atoms with E-state index in [1.54, 1.807) is 4.72 Å². The molecular weight excluding hydrogens is 254 g/mol. The first kappa shape index (κ1) is 15.8. The van der Waals surface area contributed by atoms with E-state index in [1.807, 2.05) is 0 Å². The van der Waals surface area contributed by atoms with Gasteiger partial charge < -0.3 is 9.84 Å². The minimum absolute atomic E-state index is 0.0192. The van der Waals surface area contributed by atoms with Crippen LogP contribution < -0.4 is 4.72 Å². The number of carbonyl (C=O) groups is 2. The van der Waals surface area contributed by atoms with Crippen molar-refractivity contribution in [1.29, 1.82) is 0 Å². The van der Waals surface area contributed by atoms with Gasteiger partial charge in [0.15, 0.2) is 0 Å². The van der Waals surface area contributed by atoms with Crippen LogP contribution in [0.15, 0.2) is 0 Å². The molecule has 8 nitrogen and oxygen atoms in total. The number of ether oxygens (including phenoxy) is 1. The van der Waals surface area contributed by atoms with E-state index in [0.717, 1.165) is 0 Å². The van der Waals surface area contributed by atoms with Crippen molar-refractivity contribution >= 4 is 22.2 Å². The number of aliphatic carboxylic acids is 1. The van der Waals surface area contributed by atoms with Crippen molar-refractivity contribution in [3.05, 3.63) is 0 Å². The van der Waals surface area contributed by atoms with Crippen molar-refractivity contribution < 1.29 is 32.0 Å². The molecule has 0 spiro atoms. The van der Waals surface area contributed by atoms with E-state index in [1.165, 1.54) is 13.8 Å². The minimum Gasteiger partial charge on any atom is -0.481 e. The van der Waals surface area contributed by atoms with Crippen LogP contribution >= 0.6 is 0 Å². The number of carboxylic acids is 1. The van der Waals surface area contributed by atoms with Gasteiger partial charge in [0.1, 0.15) is 6.04 Å². The average molecular weight is 269 g/mol. The van der Waals surface area contributed by atoms with Crippen LogP contribution in [0.2, 0.25) is 0 Å². The maximum atomic E-state index is 11.3. The quantitative estimate of drug-likeness (QED) is 0.557. The number of carboxylic acid groups (broad SMARTS) is 1. The van der Waals surface area contributed by atoms with Crippen LogP contribution in [0, 0.1) is 0 Å². The summed E-state index contributed by atoms with van der Waals surface area (Å²) in [4.78, 5) is 21.8. The van der Waals surface area contributed by atoms with E-state index in [0.29, 0.717) is 0 Å². The van der Waals surface area contributed by atoms with Gasteiger partial charge >= 0.3 is 22.2 Å². The summed E-state index contributed by atoms with van der Waals surface area (Å²) in [6.45, 7) is 2.85. The van der Waals surface area contributed by atoms with Gasteiger partial charge in [-0.15, -0.1) is 0 Å². The molecule has 0 aliphatic heterocycles. The van der Waals surface area contributed by atoms with Gasteiger partial charge in [0.05, 0.1) is 19.6 Å². The molecule has 0 saturated heterocycles. The Morgan fingerprint density at radius 2 is 1.88 bits per heavy atom. The Kier molecular flexibility index (Phi) is 6.69. The highest BCUT2D eigenvalue weighted by Gasteiger charge is 2.28.